The van der Waals surface area contributed by atoms with Crippen molar-refractivity contribution in [2.45, 2.75) is 0 Å². The lowest BCUT2D eigenvalue weighted by atomic mass is 10.3. The standard InChI is InChI=1S/C15H13N3O/c19-15-8-4-5-12(9-15)17-13-10-16-18(11-13)14-6-2-1-3-7-14/h1-11,17,19H. The van der Waals surface area contributed by atoms with Crippen molar-refractivity contribution in [1.82, 2.24) is 9.78 Å². The van der Waals surface area contributed by atoms with Crippen LogP contribution < -0.4 is 5.32 Å². The molecule has 4 heteroatoms. The van der Waals surface area contributed by atoms with Gasteiger partial charge in [0.1, 0.15) is 5.75 Å². The molecule has 3 rings (SSSR count). The molecule has 2 N–H and O–H groups in total. The van der Waals surface area contributed by atoms with Crippen LogP contribution >= 0.6 is 0 Å². The van der Waals surface area contributed by atoms with Crippen molar-refractivity contribution in [3.8, 4) is 11.4 Å². The Labute approximate surface area is 110 Å². The number of hydrogen-bond acceptors (Lipinski definition) is 3. The maximum Gasteiger partial charge on any atom is 0.117 e. The Morgan fingerprint density at radius 2 is 1.79 bits per heavy atom. The largest absolute Gasteiger partial charge is 0.508 e. The molecular weight excluding hydrogens is 238 g/mol. The number of benzene rings is 2. The van der Waals surface area contributed by atoms with Gasteiger partial charge in [-0.3, -0.25) is 0 Å². The zero-order valence-electron chi connectivity index (χ0n) is 10.2. The fraction of sp³-hybridized carbons (Fsp3) is 0. The number of phenolic OH excluding ortho intramolecular Hbond substituents is 1. The van der Waals surface area contributed by atoms with Crippen LogP contribution in [-0.2, 0) is 0 Å². The van der Waals surface area contributed by atoms with Gasteiger partial charge in [0.2, 0.25) is 0 Å². The first-order valence-corrected chi connectivity index (χ1v) is 5.97. The van der Waals surface area contributed by atoms with Crippen LogP contribution in [0.15, 0.2) is 67.0 Å². The molecule has 3 aromatic rings. The van der Waals surface area contributed by atoms with Gasteiger partial charge < -0.3 is 10.4 Å². The van der Waals surface area contributed by atoms with E-state index in [1.165, 1.54) is 0 Å². The molecule has 4 nitrogen and oxygen atoms in total. The van der Waals surface area contributed by atoms with Crippen molar-refractivity contribution < 1.29 is 5.11 Å². The molecule has 1 aromatic heterocycles. The lowest BCUT2D eigenvalue weighted by molar-refractivity contribution is 0.475. The summed E-state index contributed by atoms with van der Waals surface area (Å²) in [6.07, 6.45) is 3.65. The summed E-state index contributed by atoms with van der Waals surface area (Å²) >= 11 is 0. The van der Waals surface area contributed by atoms with E-state index in [1.54, 1.807) is 29.1 Å². The van der Waals surface area contributed by atoms with Crippen molar-refractivity contribution in [3.05, 3.63) is 67.0 Å². The molecule has 0 bridgehead atoms. The maximum absolute atomic E-state index is 9.41. The molecule has 2 aromatic carbocycles. The highest BCUT2D eigenvalue weighted by Gasteiger charge is 2.01. The monoisotopic (exact) mass is 251 g/mol. The van der Waals surface area contributed by atoms with Crippen LogP contribution in [0, 0.1) is 0 Å². The zero-order chi connectivity index (χ0) is 13.1. The minimum Gasteiger partial charge on any atom is -0.508 e. The van der Waals surface area contributed by atoms with E-state index in [0.717, 1.165) is 17.1 Å². The van der Waals surface area contributed by atoms with Crippen LogP contribution in [0.25, 0.3) is 5.69 Å². The molecule has 0 aliphatic heterocycles. The first-order valence-electron chi connectivity index (χ1n) is 5.97. The van der Waals surface area contributed by atoms with Crippen LogP contribution in [-0.4, -0.2) is 14.9 Å². The third-order valence-electron chi connectivity index (χ3n) is 2.74. The van der Waals surface area contributed by atoms with Crippen molar-refractivity contribution >= 4 is 11.4 Å². The first-order chi connectivity index (χ1) is 9.31. The van der Waals surface area contributed by atoms with E-state index in [0.29, 0.717) is 0 Å². The van der Waals surface area contributed by atoms with Crippen molar-refractivity contribution in [2.75, 3.05) is 5.32 Å². The van der Waals surface area contributed by atoms with Gasteiger partial charge in [0.25, 0.3) is 0 Å². The second kappa shape index (κ2) is 4.86. The quantitative estimate of drug-likeness (QED) is 0.750. The number of anilines is 2. The van der Waals surface area contributed by atoms with Gasteiger partial charge in [-0.15, -0.1) is 0 Å². The fourth-order valence-electron chi connectivity index (χ4n) is 1.86. The summed E-state index contributed by atoms with van der Waals surface area (Å²) in [6.45, 7) is 0. The van der Waals surface area contributed by atoms with Gasteiger partial charge in [0, 0.05) is 11.8 Å². The number of rotatable bonds is 3. The minimum absolute atomic E-state index is 0.237. The molecule has 0 atom stereocenters. The predicted molar refractivity (Wildman–Crippen MR) is 75.0 cm³/mol. The first kappa shape index (κ1) is 11.3. The molecule has 19 heavy (non-hydrogen) atoms. The summed E-state index contributed by atoms with van der Waals surface area (Å²) in [7, 11) is 0. The predicted octanol–water partition coefficient (Wildman–Crippen LogP) is 3.32. The summed E-state index contributed by atoms with van der Waals surface area (Å²) < 4.78 is 1.80. The van der Waals surface area contributed by atoms with E-state index < -0.39 is 0 Å². The normalized spacial score (nSPS) is 10.3. The molecule has 1 heterocycles. The van der Waals surface area contributed by atoms with Gasteiger partial charge >= 0.3 is 0 Å². The molecule has 0 aliphatic carbocycles. The summed E-state index contributed by atoms with van der Waals surface area (Å²) in [4.78, 5) is 0. The van der Waals surface area contributed by atoms with Crippen molar-refractivity contribution in [3.63, 3.8) is 0 Å². The molecule has 0 unspecified atom stereocenters. The van der Waals surface area contributed by atoms with Crippen LogP contribution in [0.5, 0.6) is 5.75 Å². The van der Waals surface area contributed by atoms with Gasteiger partial charge in [-0.2, -0.15) is 5.10 Å². The second-order valence-electron chi connectivity index (χ2n) is 4.18. The lowest BCUT2D eigenvalue weighted by Gasteiger charge is -2.03. The number of nitrogens with one attached hydrogen (secondary N) is 1. The van der Waals surface area contributed by atoms with Crippen LogP contribution in [0.1, 0.15) is 0 Å². The fourth-order valence-corrected chi connectivity index (χ4v) is 1.86. The maximum atomic E-state index is 9.41. The Hall–Kier alpha value is -2.75. The third-order valence-corrected chi connectivity index (χ3v) is 2.74. The summed E-state index contributed by atoms with van der Waals surface area (Å²) in [6, 6.07) is 16.9. The van der Waals surface area contributed by atoms with Crippen molar-refractivity contribution in [1.29, 1.82) is 0 Å². The molecule has 0 radical (unpaired) electrons. The van der Waals surface area contributed by atoms with E-state index >= 15 is 0 Å². The Morgan fingerprint density at radius 3 is 2.58 bits per heavy atom. The molecule has 94 valence electrons. The average Bonchev–Trinajstić information content (AvgIpc) is 2.88. The highest BCUT2D eigenvalue weighted by molar-refractivity contribution is 5.60. The Morgan fingerprint density at radius 1 is 0.947 bits per heavy atom. The second-order valence-corrected chi connectivity index (χ2v) is 4.18. The topological polar surface area (TPSA) is 50.1 Å². The van der Waals surface area contributed by atoms with Gasteiger partial charge in [0.15, 0.2) is 0 Å². The number of phenols is 1. The number of hydrogen-bond donors (Lipinski definition) is 2. The summed E-state index contributed by atoms with van der Waals surface area (Å²) in [5.41, 5.74) is 2.70. The van der Waals surface area contributed by atoms with Crippen molar-refractivity contribution in [2.24, 2.45) is 0 Å². The highest BCUT2D eigenvalue weighted by atomic mass is 16.3. The number of aromatic nitrogens is 2. The average molecular weight is 251 g/mol. The van der Waals surface area contributed by atoms with Crippen LogP contribution in [0.4, 0.5) is 11.4 Å². The molecule has 0 aliphatic rings. The molecule has 0 fully saturated rings. The Balaban J connectivity index is 1.82. The van der Waals surface area contributed by atoms with E-state index in [9.17, 15) is 5.11 Å². The molecule has 0 spiro atoms. The van der Waals surface area contributed by atoms with Gasteiger partial charge in [-0.25, -0.2) is 4.68 Å². The smallest absolute Gasteiger partial charge is 0.117 e. The van der Waals surface area contributed by atoms with E-state index in [1.807, 2.05) is 42.6 Å². The number of nitrogens with zero attached hydrogens (tertiary/aromatic N) is 2. The third kappa shape index (κ3) is 2.57. The van der Waals surface area contributed by atoms with Crippen LogP contribution in [0.2, 0.25) is 0 Å². The highest BCUT2D eigenvalue weighted by Crippen LogP contribution is 2.20. The molecule has 0 saturated carbocycles. The van der Waals surface area contributed by atoms with E-state index in [-0.39, 0.29) is 5.75 Å². The van der Waals surface area contributed by atoms with E-state index in [2.05, 4.69) is 10.4 Å². The Bertz CT molecular complexity index is 677. The minimum atomic E-state index is 0.237. The lowest BCUT2D eigenvalue weighted by Crippen LogP contribution is -1.93. The summed E-state index contributed by atoms with van der Waals surface area (Å²) in [5.74, 6) is 0.237. The zero-order valence-corrected chi connectivity index (χ0v) is 10.2. The van der Waals surface area contributed by atoms with Gasteiger partial charge in [0.05, 0.1) is 23.8 Å². The molecular formula is C15H13N3O. The summed E-state index contributed by atoms with van der Waals surface area (Å²) in [5, 5.41) is 16.9. The molecule has 0 amide bonds. The van der Waals surface area contributed by atoms with E-state index in [4.69, 9.17) is 0 Å². The SMILES string of the molecule is Oc1cccc(Nc2cnn(-c3ccccc3)c2)c1. The number of aromatic hydroxyl groups is 1. The van der Waals surface area contributed by atoms with Gasteiger partial charge in [-0.05, 0) is 24.3 Å². The number of para-hydroxylation sites is 1. The molecule has 0 saturated heterocycles. The Kier molecular flexibility index (Phi) is 2.90. The van der Waals surface area contributed by atoms with Gasteiger partial charge in [-0.1, -0.05) is 24.3 Å². The van der Waals surface area contributed by atoms with Crippen LogP contribution in [0.3, 0.4) is 0 Å².